The van der Waals surface area contributed by atoms with Gasteiger partial charge in [0.25, 0.3) is 6.43 Å². The van der Waals surface area contributed by atoms with Crippen LogP contribution in [0.4, 0.5) is 8.78 Å². The molecule has 0 bridgehead atoms. The van der Waals surface area contributed by atoms with Gasteiger partial charge in [0.2, 0.25) is 5.75 Å². The molecular weight excluding hydrogens is 234 g/mol. The van der Waals surface area contributed by atoms with Crippen molar-refractivity contribution in [1.29, 1.82) is 0 Å². The molecule has 0 radical (unpaired) electrons. The quantitative estimate of drug-likeness (QED) is 0.834. The summed E-state index contributed by atoms with van der Waals surface area (Å²) in [5.74, 6) is 0.593. The molecule has 0 aliphatic rings. The Kier molecular flexibility index (Phi) is 4.96. The van der Waals surface area contributed by atoms with Crippen LogP contribution in [0, 0.1) is 0 Å². The zero-order valence-corrected chi connectivity index (χ0v) is 9.57. The molecule has 0 saturated carbocycles. The van der Waals surface area contributed by atoms with Gasteiger partial charge in [-0.3, -0.25) is 0 Å². The smallest absolute Gasteiger partial charge is 0.272 e. The molecule has 96 valence electrons. The molecule has 0 fully saturated rings. The number of aliphatic hydroxyl groups excluding tert-OH is 1. The Morgan fingerprint density at radius 2 is 1.71 bits per heavy atom. The number of alkyl halides is 2. The van der Waals surface area contributed by atoms with Crippen molar-refractivity contribution in [2.24, 2.45) is 0 Å². The van der Waals surface area contributed by atoms with Crippen LogP contribution < -0.4 is 14.2 Å². The van der Waals surface area contributed by atoms with Crippen LogP contribution >= 0.6 is 0 Å². The number of benzene rings is 1. The van der Waals surface area contributed by atoms with E-state index in [2.05, 4.69) is 0 Å². The van der Waals surface area contributed by atoms with E-state index in [4.69, 9.17) is 19.3 Å². The Bertz CT molecular complexity index is 343. The molecular formula is C11H14F2O4. The first-order valence-electron chi connectivity index (χ1n) is 4.89. The molecule has 0 spiro atoms. The molecule has 6 heteroatoms. The Morgan fingerprint density at radius 1 is 1.18 bits per heavy atom. The highest BCUT2D eigenvalue weighted by Gasteiger charge is 2.15. The van der Waals surface area contributed by atoms with E-state index in [0.29, 0.717) is 5.56 Å². The molecule has 17 heavy (non-hydrogen) atoms. The standard InChI is InChI=1S/C11H14F2O4/c1-15-8-3-7(5-14)4-9(16-2)11(8)17-6-10(12)13/h3-4,10,14H,5-6H2,1-2H3. The van der Waals surface area contributed by atoms with Crippen LogP contribution in [-0.2, 0) is 6.61 Å². The topological polar surface area (TPSA) is 47.9 Å². The van der Waals surface area contributed by atoms with Crippen LogP contribution in [-0.4, -0.2) is 32.4 Å². The van der Waals surface area contributed by atoms with Crippen LogP contribution in [0.5, 0.6) is 17.2 Å². The highest BCUT2D eigenvalue weighted by atomic mass is 19.3. The monoisotopic (exact) mass is 248 g/mol. The molecule has 0 heterocycles. The van der Waals surface area contributed by atoms with Crippen molar-refractivity contribution in [3.05, 3.63) is 17.7 Å². The summed E-state index contributed by atoms with van der Waals surface area (Å²) < 4.78 is 39.1. The zero-order valence-electron chi connectivity index (χ0n) is 9.57. The summed E-state index contributed by atoms with van der Waals surface area (Å²) in [4.78, 5) is 0. The normalized spacial score (nSPS) is 10.5. The lowest BCUT2D eigenvalue weighted by Crippen LogP contribution is -2.09. The van der Waals surface area contributed by atoms with Crippen molar-refractivity contribution in [2.75, 3.05) is 20.8 Å². The van der Waals surface area contributed by atoms with Gasteiger partial charge in [-0.15, -0.1) is 0 Å². The van der Waals surface area contributed by atoms with E-state index in [9.17, 15) is 8.78 Å². The third kappa shape index (κ3) is 3.45. The second-order valence-electron chi connectivity index (χ2n) is 3.19. The largest absolute Gasteiger partial charge is 0.493 e. The highest BCUT2D eigenvalue weighted by Crippen LogP contribution is 2.38. The van der Waals surface area contributed by atoms with Gasteiger partial charge in [-0.05, 0) is 17.7 Å². The lowest BCUT2D eigenvalue weighted by Gasteiger charge is -2.15. The molecule has 1 aromatic carbocycles. The van der Waals surface area contributed by atoms with Gasteiger partial charge >= 0.3 is 0 Å². The molecule has 0 aliphatic heterocycles. The number of methoxy groups -OCH3 is 2. The zero-order chi connectivity index (χ0) is 12.8. The van der Waals surface area contributed by atoms with Crippen molar-refractivity contribution < 1.29 is 28.1 Å². The van der Waals surface area contributed by atoms with E-state index < -0.39 is 13.0 Å². The molecule has 0 unspecified atom stereocenters. The average molecular weight is 248 g/mol. The summed E-state index contributed by atoms with van der Waals surface area (Å²) >= 11 is 0. The van der Waals surface area contributed by atoms with E-state index in [-0.39, 0.29) is 23.9 Å². The first kappa shape index (κ1) is 13.5. The summed E-state index contributed by atoms with van der Waals surface area (Å²) in [6.45, 7) is -0.951. The van der Waals surface area contributed by atoms with Gasteiger partial charge in [0.1, 0.15) is 6.61 Å². The van der Waals surface area contributed by atoms with Gasteiger partial charge < -0.3 is 19.3 Å². The molecule has 0 amide bonds. The summed E-state index contributed by atoms with van der Waals surface area (Å²) in [7, 11) is 2.76. The molecule has 4 nitrogen and oxygen atoms in total. The number of ether oxygens (including phenoxy) is 3. The Hall–Kier alpha value is -1.56. The van der Waals surface area contributed by atoms with E-state index in [1.807, 2.05) is 0 Å². The number of hydrogen-bond donors (Lipinski definition) is 1. The van der Waals surface area contributed by atoms with Crippen LogP contribution in [0.1, 0.15) is 5.56 Å². The SMILES string of the molecule is COc1cc(CO)cc(OC)c1OCC(F)F. The van der Waals surface area contributed by atoms with E-state index >= 15 is 0 Å². The molecule has 0 aliphatic carbocycles. The van der Waals surface area contributed by atoms with Crippen LogP contribution in [0.25, 0.3) is 0 Å². The number of halogens is 2. The van der Waals surface area contributed by atoms with Gasteiger partial charge in [-0.2, -0.15) is 0 Å². The summed E-state index contributed by atoms with van der Waals surface area (Å²) in [5.41, 5.74) is 0.545. The summed E-state index contributed by atoms with van der Waals surface area (Å²) in [6.07, 6.45) is -2.58. The van der Waals surface area contributed by atoms with Gasteiger partial charge in [0, 0.05) is 0 Å². The van der Waals surface area contributed by atoms with E-state index in [0.717, 1.165) is 0 Å². The third-order valence-electron chi connectivity index (χ3n) is 2.06. The minimum absolute atomic E-state index is 0.104. The van der Waals surface area contributed by atoms with Crippen LogP contribution in [0.3, 0.4) is 0 Å². The maximum Gasteiger partial charge on any atom is 0.272 e. The summed E-state index contributed by atoms with van der Waals surface area (Å²) in [5, 5.41) is 9.01. The third-order valence-corrected chi connectivity index (χ3v) is 2.06. The highest BCUT2D eigenvalue weighted by molar-refractivity contribution is 5.53. The van der Waals surface area contributed by atoms with Crippen molar-refractivity contribution in [1.82, 2.24) is 0 Å². The molecule has 1 N–H and O–H groups in total. The van der Waals surface area contributed by atoms with E-state index in [1.54, 1.807) is 0 Å². The minimum Gasteiger partial charge on any atom is -0.493 e. The lowest BCUT2D eigenvalue weighted by molar-refractivity contribution is 0.0788. The van der Waals surface area contributed by atoms with Crippen LogP contribution in [0.2, 0.25) is 0 Å². The summed E-state index contributed by atoms with van der Waals surface area (Å²) in [6, 6.07) is 3.01. The number of hydrogen-bond acceptors (Lipinski definition) is 4. The predicted molar refractivity (Wildman–Crippen MR) is 57.0 cm³/mol. The van der Waals surface area contributed by atoms with Crippen molar-refractivity contribution in [3.63, 3.8) is 0 Å². The first-order valence-corrected chi connectivity index (χ1v) is 4.89. The van der Waals surface area contributed by atoms with E-state index in [1.165, 1.54) is 26.4 Å². The molecule has 1 aromatic rings. The maximum atomic E-state index is 12.1. The average Bonchev–Trinajstić information content (AvgIpc) is 2.34. The number of rotatable bonds is 6. The van der Waals surface area contributed by atoms with Crippen molar-refractivity contribution in [2.45, 2.75) is 13.0 Å². The molecule has 0 atom stereocenters. The Labute approximate surface area is 97.7 Å². The molecule has 1 rings (SSSR count). The van der Waals surface area contributed by atoms with Crippen LogP contribution in [0.15, 0.2) is 12.1 Å². The first-order chi connectivity index (χ1) is 8.12. The fraction of sp³-hybridized carbons (Fsp3) is 0.455. The predicted octanol–water partition coefficient (Wildman–Crippen LogP) is 1.84. The van der Waals surface area contributed by atoms with Gasteiger partial charge in [0.05, 0.1) is 20.8 Å². The Balaban J connectivity index is 3.06. The lowest BCUT2D eigenvalue weighted by atomic mass is 10.2. The second kappa shape index (κ2) is 6.24. The second-order valence-corrected chi connectivity index (χ2v) is 3.19. The maximum absolute atomic E-state index is 12.1. The van der Waals surface area contributed by atoms with Gasteiger partial charge in [0.15, 0.2) is 11.5 Å². The fourth-order valence-electron chi connectivity index (χ4n) is 1.31. The molecule has 0 aromatic heterocycles. The number of aliphatic hydroxyl groups is 1. The van der Waals surface area contributed by atoms with Gasteiger partial charge in [-0.1, -0.05) is 0 Å². The van der Waals surface area contributed by atoms with Crippen molar-refractivity contribution >= 4 is 0 Å². The van der Waals surface area contributed by atoms with Gasteiger partial charge in [-0.25, -0.2) is 8.78 Å². The minimum atomic E-state index is -2.58. The molecule has 0 saturated heterocycles. The fourth-order valence-corrected chi connectivity index (χ4v) is 1.31. The van der Waals surface area contributed by atoms with Crippen molar-refractivity contribution in [3.8, 4) is 17.2 Å². The Morgan fingerprint density at radius 3 is 2.06 bits per heavy atom.